The molecule has 35 heavy (non-hydrogen) atoms. The molecule has 1 aliphatic heterocycles. The maximum atomic E-state index is 12.6. The Kier molecular flexibility index (Phi) is 8.11. The highest BCUT2D eigenvalue weighted by Gasteiger charge is 2.34. The normalized spacial score (nSPS) is 14.6. The molecule has 1 aliphatic rings. The minimum absolute atomic E-state index is 0.0312. The van der Waals surface area contributed by atoms with E-state index in [-0.39, 0.29) is 41.1 Å². The third-order valence-electron chi connectivity index (χ3n) is 4.78. The van der Waals surface area contributed by atoms with Crippen molar-refractivity contribution in [3.63, 3.8) is 0 Å². The fraction of sp³-hybridized carbons (Fsp3) is 0.174. The van der Waals surface area contributed by atoms with Crippen LogP contribution in [0.1, 0.15) is 5.56 Å². The van der Waals surface area contributed by atoms with Crippen LogP contribution in [-0.2, 0) is 9.59 Å². The molecule has 180 valence electrons. The molecule has 0 unspecified atom stereocenters. The van der Waals surface area contributed by atoms with Gasteiger partial charge in [-0.15, -0.1) is 10.2 Å². The first-order valence-corrected chi connectivity index (χ1v) is 12.5. The number of nitrogens with one attached hydrogen (secondary N) is 1. The first-order valence-electron chi connectivity index (χ1n) is 10.3. The number of methoxy groups -OCH3 is 1. The van der Waals surface area contributed by atoms with E-state index in [1.807, 2.05) is 0 Å². The first-order chi connectivity index (χ1) is 16.9. The molecule has 3 amide bonds. The molecule has 9 nitrogen and oxygen atoms in total. The highest BCUT2D eigenvalue weighted by atomic mass is 35.5. The standard InChI is InChI=1S/C23H19ClN4O5S2/c1-32-15-8-6-14(7-9-15)12-18-21(30)28(23(31)35-18)11-10-25-19(29)13-34-22-27-26-20(33-22)16-4-2-3-5-17(16)24/h2-9,12H,10-11,13H2,1H3,(H,25,29). The molecule has 1 aromatic heterocycles. The van der Waals surface area contributed by atoms with Gasteiger partial charge in [-0.2, -0.15) is 0 Å². The average Bonchev–Trinajstić information content (AvgIpc) is 3.43. The second-order valence-corrected chi connectivity index (χ2v) is 9.43. The third-order valence-corrected chi connectivity index (χ3v) is 6.84. The summed E-state index contributed by atoms with van der Waals surface area (Å²) >= 11 is 8.07. The number of hydrogen-bond donors (Lipinski definition) is 1. The van der Waals surface area contributed by atoms with Crippen LogP contribution in [-0.4, -0.2) is 58.1 Å². The average molecular weight is 531 g/mol. The summed E-state index contributed by atoms with van der Waals surface area (Å²) in [6.45, 7) is 0.195. The summed E-state index contributed by atoms with van der Waals surface area (Å²) in [5, 5.41) is 10.9. The quantitative estimate of drug-likeness (QED) is 0.318. The Labute approximate surface area is 214 Å². The monoisotopic (exact) mass is 530 g/mol. The number of thioether (sulfide) groups is 2. The van der Waals surface area contributed by atoms with E-state index in [9.17, 15) is 14.4 Å². The van der Waals surface area contributed by atoms with Gasteiger partial charge in [-0.05, 0) is 47.7 Å². The number of benzene rings is 2. The summed E-state index contributed by atoms with van der Waals surface area (Å²) < 4.78 is 10.7. The van der Waals surface area contributed by atoms with E-state index in [0.717, 1.165) is 34.0 Å². The Morgan fingerprint density at radius 1 is 1.20 bits per heavy atom. The number of hydrogen-bond acceptors (Lipinski definition) is 9. The minimum Gasteiger partial charge on any atom is -0.497 e. The first kappa shape index (κ1) is 24.8. The van der Waals surface area contributed by atoms with Gasteiger partial charge in [0, 0.05) is 13.1 Å². The Morgan fingerprint density at radius 3 is 2.71 bits per heavy atom. The molecule has 1 N–H and O–H groups in total. The van der Waals surface area contributed by atoms with Gasteiger partial charge in [-0.25, -0.2) is 0 Å². The van der Waals surface area contributed by atoms with Crippen molar-refractivity contribution in [2.75, 3.05) is 26.0 Å². The number of rotatable bonds is 9. The lowest BCUT2D eigenvalue weighted by Crippen LogP contribution is -2.37. The van der Waals surface area contributed by atoms with Gasteiger partial charge < -0.3 is 14.5 Å². The van der Waals surface area contributed by atoms with Crippen molar-refractivity contribution < 1.29 is 23.5 Å². The number of imide groups is 1. The SMILES string of the molecule is COc1ccc(C=C2SC(=O)N(CCNC(=O)CSc3nnc(-c4ccccc4Cl)o3)C2=O)cc1. The summed E-state index contributed by atoms with van der Waals surface area (Å²) in [7, 11) is 1.57. The predicted octanol–water partition coefficient (Wildman–Crippen LogP) is 4.34. The second-order valence-electron chi connectivity index (χ2n) is 7.10. The lowest BCUT2D eigenvalue weighted by molar-refractivity contribution is -0.123. The summed E-state index contributed by atoms with van der Waals surface area (Å²) in [5.74, 6) is 0.305. The molecular weight excluding hydrogens is 512 g/mol. The number of nitrogens with zero attached hydrogens (tertiary/aromatic N) is 3. The minimum atomic E-state index is -0.391. The molecule has 1 saturated heterocycles. The van der Waals surface area contributed by atoms with Gasteiger partial charge in [0.05, 0.1) is 28.4 Å². The highest BCUT2D eigenvalue weighted by Crippen LogP contribution is 2.32. The number of halogens is 1. The summed E-state index contributed by atoms with van der Waals surface area (Å²) in [6, 6.07) is 14.2. The Balaban J connectivity index is 1.24. The van der Waals surface area contributed by atoms with Gasteiger partial charge in [0.25, 0.3) is 16.4 Å². The van der Waals surface area contributed by atoms with Crippen molar-refractivity contribution in [2.45, 2.75) is 5.22 Å². The van der Waals surface area contributed by atoms with Crippen molar-refractivity contribution in [1.29, 1.82) is 0 Å². The number of amides is 3. The molecular formula is C23H19ClN4O5S2. The van der Waals surface area contributed by atoms with Gasteiger partial charge >= 0.3 is 0 Å². The van der Waals surface area contributed by atoms with E-state index >= 15 is 0 Å². The molecule has 2 aromatic carbocycles. The van der Waals surface area contributed by atoms with Gasteiger partial charge in [-0.3, -0.25) is 19.3 Å². The van der Waals surface area contributed by atoms with Gasteiger partial charge in [0.1, 0.15) is 5.75 Å². The second kappa shape index (κ2) is 11.4. The number of carbonyl (C=O) groups is 3. The summed E-state index contributed by atoms with van der Waals surface area (Å²) in [4.78, 5) is 38.5. The van der Waals surface area contributed by atoms with Crippen LogP contribution in [0.25, 0.3) is 17.5 Å². The van der Waals surface area contributed by atoms with Crippen LogP contribution in [0.15, 0.2) is 63.1 Å². The highest BCUT2D eigenvalue weighted by molar-refractivity contribution is 8.18. The van der Waals surface area contributed by atoms with Gasteiger partial charge in [-0.1, -0.05) is 47.6 Å². The van der Waals surface area contributed by atoms with E-state index in [4.69, 9.17) is 20.8 Å². The molecule has 2 heterocycles. The Hall–Kier alpha value is -3.28. The van der Waals surface area contributed by atoms with Gasteiger partial charge in [0.15, 0.2) is 0 Å². The smallest absolute Gasteiger partial charge is 0.293 e. The van der Waals surface area contributed by atoms with E-state index < -0.39 is 5.91 Å². The lowest BCUT2D eigenvalue weighted by atomic mass is 10.2. The molecule has 0 radical (unpaired) electrons. The van der Waals surface area contributed by atoms with Crippen LogP contribution in [0.2, 0.25) is 5.02 Å². The zero-order valence-electron chi connectivity index (χ0n) is 18.4. The van der Waals surface area contributed by atoms with Crippen LogP contribution < -0.4 is 10.1 Å². The molecule has 0 aliphatic carbocycles. The topological polar surface area (TPSA) is 115 Å². The molecule has 0 atom stereocenters. The van der Waals surface area contributed by atoms with Crippen molar-refractivity contribution in [3.05, 3.63) is 64.0 Å². The number of ether oxygens (including phenoxy) is 1. The zero-order chi connectivity index (χ0) is 24.8. The predicted molar refractivity (Wildman–Crippen MR) is 134 cm³/mol. The van der Waals surface area contributed by atoms with Crippen LogP contribution in [0.5, 0.6) is 5.75 Å². The van der Waals surface area contributed by atoms with Crippen LogP contribution in [0, 0.1) is 0 Å². The Bertz CT molecular complexity index is 1280. The van der Waals surface area contributed by atoms with Crippen molar-refractivity contribution in [2.24, 2.45) is 0 Å². The maximum Gasteiger partial charge on any atom is 0.293 e. The van der Waals surface area contributed by atoms with E-state index in [0.29, 0.717) is 21.2 Å². The zero-order valence-corrected chi connectivity index (χ0v) is 20.8. The van der Waals surface area contributed by atoms with Crippen molar-refractivity contribution in [3.8, 4) is 17.2 Å². The molecule has 12 heteroatoms. The summed E-state index contributed by atoms with van der Waals surface area (Å²) in [6.07, 6.45) is 1.65. The molecule has 0 spiro atoms. The molecule has 0 bridgehead atoms. The van der Waals surface area contributed by atoms with E-state index in [1.54, 1.807) is 61.7 Å². The fourth-order valence-corrected chi connectivity index (χ4v) is 4.72. The number of carbonyl (C=O) groups excluding carboxylic acids is 3. The van der Waals surface area contributed by atoms with E-state index in [1.165, 1.54) is 0 Å². The molecule has 1 fully saturated rings. The molecule has 4 rings (SSSR count). The molecule has 3 aromatic rings. The maximum absolute atomic E-state index is 12.6. The van der Waals surface area contributed by atoms with Crippen molar-refractivity contribution in [1.82, 2.24) is 20.4 Å². The van der Waals surface area contributed by atoms with E-state index in [2.05, 4.69) is 15.5 Å². The van der Waals surface area contributed by atoms with Crippen LogP contribution in [0.3, 0.4) is 0 Å². The number of aromatic nitrogens is 2. The lowest BCUT2D eigenvalue weighted by Gasteiger charge is -2.12. The van der Waals surface area contributed by atoms with Crippen molar-refractivity contribution >= 4 is 58.3 Å². The Morgan fingerprint density at radius 2 is 1.97 bits per heavy atom. The third kappa shape index (κ3) is 6.24. The van der Waals surface area contributed by atoms with Crippen LogP contribution >= 0.6 is 35.1 Å². The van der Waals surface area contributed by atoms with Crippen LogP contribution in [0.4, 0.5) is 4.79 Å². The molecule has 0 saturated carbocycles. The fourth-order valence-electron chi connectivity index (χ4n) is 3.04. The largest absolute Gasteiger partial charge is 0.497 e. The summed E-state index contributed by atoms with van der Waals surface area (Å²) in [5.41, 5.74) is 1.39. The van der Waals surface area contributed by atoms with Gasteiger partial charge in [0.2, 0.25) is 11.8 Å².